The molecule has 0 radical (unpaired) electrons. The van der Waals surface area contributed by atoms with Crippen LogP contribution in [0.2, 0.25) is 5.02 Å². The fraction of sp³-hybridized carbons (Fsp3) is 0.640. The van der Waals surface area contributed by atoms with Gasteiger partial charge in [0.15, 0.2) is 0 Å². The van der Waals surface area contributed by atoms with Crippen LogP contribution in [0.5, 0.6) is 0 Å². The van der Waals surface area contributed by atoms with Gasteiger partial charge in [-0.1, -0.05) is 31.0 Å². The van der Waals surface area contributed by atoms with Crippen molar-refractivity contribution < 1.29 is 27.8 Å². The van der Waals surface area contributed by atoms with Gasteiger partial charge < -0.3 is 14.6 Å². The van der Waals surface area contributed by atoms with Gasteiger partial charge in [-0.25, -0.2) is 13.2 Å². The minimum absolute atomic E-state index is 0.0441. The van der Waals surface area contributed by atoms with E-state index in [1.54, 1.807) is 16.4 Å². The number of β-amino-alcohol motifs (C(OH)–C–C–N with tert-alkyl or cyclic N) is 1. The molecule has 4 fully saturated rings. The molecule has 1 N–H and O–H groups in total. The van der Waals surface area contributed by atoms with Crippen LogP contribution in [0.1, 0.15) is 32.1 Å². The molecule has 0 unspecified atom stereocenters. The topological polar surface area (TPSA) is 99.6 Å². The minimum Gasteiger partial charge on any atom is -0.441 e. The van der Waals surface area contributed by atoms with Crippen molar-refractivity contribution in [3.8, 4) is 0 Å². The number of rotatable bonds is 8. The molecule has 1 amide bonds. The van der Waals surface area contributed by atoms with Crippen molar-refractivity contribution in [1.29, 1.82) is 0 Å². The maximum absolute atomic E-state index is 14.0. The van der Waals surface area contributed by atoms with Crippen molar-refractivity contribution in [2.75, 3.05) is 46.0 Å². The predicted molar refractivity (Wildman–Crippen MR) is 134 cm³/mol. The minimum atomic E-state index is -3.88. The summed E-state index contributed by atoms with van der Waals surface area (Å²) in [6.07, 6.45) is 3.58. The maximum atomic E-state index is 14.0. The Labute approximate surface area is 217 Å². The lowest BCUT2D eigenvalue weighted by atomic mass is 10.0. The molecule has 11 heteroatoms. The van der Waals surface area contributed by atoms with Gasteiger partial charge in [-0.05, 0) is 49.4 Å². The summed E-state index contributed by atoms with van der Waals surface area (Å²) >= 11 is 6.02. The molecular formula is C25H34ClN3O6S. The second-order valence-corrected chi connectivity index (χ2v) is 12.6. The summed E-state index contributed by atoms with van der Waals surface area (Å²) < 4.78 is 41.5. The molecule has 198 valence electrons. The van der Waals surface area contributed by atoms with E-state index in [1.807, 2.05) is 4.90 Å². The van der Waals surface area contributed by atoms with Crippen LogP contribution in [-0.2, 0) is 19.5 Å². The first kappa shape index (κ1) is 25.9. The zero-order chi connectivity index (χ0) is 25.5. The fourth-order valence-corrected chi connectivity index (χ4v) is 7.31. The molecule has 2 atom stereocenters. The van der Waals surface area contributed by atoms with Crippen molar-refractivity contribution in [3.05, 3.63) is 41.6 Å². The highest BCUT2D eigenvalue weighted by molar-refractivity contribution is 7.89. The van der Waals surface area contributed by atoms with E-state index in [1.165, 1.54) is 17.0 Å². The standard InChI is InChI=1S/C25H34ClN3O6S/c1-18-15-27(12-13-30)10-11-28(18)24(31)35-25(8-9-25)23-17-34-16-21(14-19-2-3-19)29(23)36(32,33)22-6-4-20(26)5-7-22/h4-7,19,21,23,30H,1-3,8-17H2/t21-,23-/m1/s1. The lowest BCUT2D eigenvalue weighted by Crippen LogP contribution is -2.61. The number of aliphatic hydroxyl groups excluding tert-OH is 1. The molecule has 2 saturated heterocycles. The van der Waals surface area contributed by atoms with Crippen LogP contribution < -0.4 is 0 Å². The number of amides is 1. The van der Waals surface area contributed by atoms with Crippen molar-refractivity contribution in [3.63, 3.8) is 0 Å². The number of benzene rings is 1. The van der Waals surface area contributed by atoms with Crippen LogP contribution in [-0.4, -0.2) is 97.4 Å². The first-order valence-electron chi connectivity index (χ1n) is 12.6. The Morgan fingerprint density at radius 1 is 1.19 bits per heavy atom. The smallest absolute Gasteiger partial charge is 0.414 e. The Kier molecular flexibility index (Phi) is 7.37. The molecular weight excluding hydrogens is 506 g/mol. The van der Waals surface area contributed by atoms with E-state index in [2.05, 4.69) is 6.58 Å². The number of halogens is 1. The largest absolute Gasteiger partial charge is 0.441 e. The molecule has 1 aromatic carbocycles. The van der Waals surface area contributed by atoms with E-state index in [-0.39, 0.29) is 24.2 Å². The van der Waals surface area contributed by atoms with Gasteiger partial charge in [0.05, 0.1) is 30.8 Å². The van der Waals surface area contributed by atoms with Crippen LogP contribution in [0.3, 0.4) is 0 Å². The van der Waals surface area contributed by atoms with Crippen molar-refractivity contribution in [2.24, 2.45) is 5.92 Å². The predicted octanol–water partition coefficient (Wildman–Crippen LogP) is 2.69. The molecule has 5 rings (SSSR count). The number of nitrogens with zero attached hydrogens (tertiary/aromatic N) is 3. The summed E-state index contributed by atoms with van der Waals surface area (Å²) in [6, 6.07) is 5.29. The zero-order valence-electron chi connectivity index (χ0n) is 20.4. The number of carbonyl (C=O) groups is 1. The molecule has 0 bridgehead atoms. The average molecular weight is 540 g/mol. The van der Waals surface area contributed by atoms with E-state index in [0.717, 1.165) is 19.3 Å². The second-order valence-electron chi connectivity index (χ2n) is 10.3. The molecule has 0 aromatic heterocycles. The van der Waals surface area contributed by atoms with Gasteiger partial charge >= 0.3 is 6.09 Å². The zero-order valence-corrected chi connectivity index (χ0v) is 21.9. The van der Waals surface area contributed by atoms with Crippen molar-refractivity contribution in [1.82, 2.24) is 14.1 Å². The van der Waals surface area contributed by atoms with Gasteiger partial charge in [0, 0.05) is 42.9 Å². The maximum Gasteiger partial charge on any atom is 0.414 e. The van der Waals surface area contributed by atoms with E-state index in [4.69, 9.17) is 21.1 Å². The Balaban J connectivity index is 1.38. The van der Waals surface area contributed by atoms with Crippen LogP contribution >= 0.6 is 11.6 Å². The third kappa shape index (κ3) is 5.30. The first-order chi connectivity index (χ1) is 17.2. The number of morpholine rings is 1. The quantitative estimate of drug-likeness (QED) is 0.542. The number of sulfonamides is 1. The van der Waals surface area contributed by atoms with E-state index in [0.29, 0.717) is 62.3 Å². The number of hydrogen-bond donors (Lipinski definition) is 1. The van der Waals surface area contributed by atoms with Gasteiger partial charge in [0.25, 0.3) is 0 Å². The van der Waals surface area contributed by atoms with Crippen LogP contribution in [0.4, 0.5) is 4.79 Å². The highest BCUT2D eigenvalue weighted by Gasteiger charge is 2.61. The molecule has 36 heavy (non-hydrogen) atoms. The van der Waals surface area contributed by atoms with Crippen LogP contribution in [0, 0.1) is 5.92 Å². The van der Waals surface area contributed by atoms with E-state index < -0.39 is 27.8 Å². The van der Waals surface area contributed by atoms with Gasteiger partial charge in [0.1, 0.15) is 5.60 Å². The van der Waals surface area contributed by atoms with E-state index in [9.17, 15) is 18.3 Å². The second kappa shape index (κ2) is 10.2. The third-order valence-corrected chi connectivity index (χ3v) is 9.88. The van der Waals surface area contributed by atoms with Crippen molar-refractivity contribution >= 4 is 27.7 Å². The Bertz CT molecular complexity index is 1090. The molecule has 4 aliphatic rings. The first-order valence-corrected chi connectivity index (χ1v) is 14.4. The number of ether oxygens (including phenoxy) is 2. The third-order valence-electron chi connectivity index (χ3n) is 7.65. The van der Waals surface area contributed by atoms with Gasteiger partial charge in [0.2, 0.25) is 10.0 Å². The van der Waals surface area contributed by atoms with Gasteiger partial charge in [-0.2, -0.15) is 4.31 Å². The summed E-state index contributed by atoms with van der Waals surface area (Å²) in [6.45, 7) is 6.57. The Morgan fingerprint density at radius 3 is 2.53 bits per heavy atom. The van der Waals surface area contributed by atoms with E-state index >= 15 is 0 Å². The van der Waals surface area contributed by atoms with Gasteiger partial charge in [-0.3, -0.25) is 9.80 Å². The molecule has 2 heterocycles. The normalized spacial score (nSPS) is 27.2. The van der Waals surface area contributed by atoms with Gasteiger partial charge in [-0.15, -0.1) is 0 Å². The van der Waals surface area contributed by atoms with Crippen LogP contribution in [0.25, 0.3) is 0 Å². The highest BCUT2D eigenvalue weighted by atomic mass is 35.5. The number of aliphatic hydroxyl groups is 1. The average Bonchev–Trinajstić information content (AvgIpc) is 3.77. The number of carbonyl (C=O) groups excluding carboxylic acids is 1. The lowest BCUT2D eigenvalue weighted by Gasteiger charge is -2.44. The number of hydrogen-bond acceptors (Lipinski definition) is 7. The number of piperazine rings is 1. The Morgan fingerprint density at radius 2 is 1.92 bits per heavy atom. The molecule has 2 aliphatic carbocycles. The summed E-state index contributed by atoms with van der Waals surface area (Å²) in [5.41, 5.74) is -0.325. The molecule has 9 nitrogen and oxygen atoms in total. The molecule has 2 saturated carbocycles. The molecule has 2 aliphatic heterocycles. The monoisotopic (exact) mass is 539 g/mol. The molecule has 1 aromatic rings. The summed E-state index contributed by atoms with van der Waals surface area (Å²) in [7, 11) is -3.88. The van der Waals surface area contributed by atoms with Crippen molar-refractivity contribution in [2.45, 2.75) is 54.7 Å². The SMILES string of the molecule is C=C1CN(CCO)CCN1C(=O)OC1([C@H]2COC[C@@H](CC3CC3)N2S(=O)(=O)c2ccc(Cl)cc2)CC1. The highest BCUT2D eigenvalue weighted by Crippen LogP contribution is 2.49. The fourth-order valence-electron chi connectivity index (χ4n) is 5.33. The summed E-state index contributed by atoms with van der Waals surface area (Å²) in [5.74, 6) is 0.497. The molecule has 0 spiro atoms. The summed E-state index contributed by atoms with van der Waals surface area (Å²) in [4.78, 5) is 17.0. The lowest BCUT2D eigenvalue weighted by molar-refractivity contribution is -0.0733. The van der Waals surface area contributed by atoms with Crippen LogP contribution in [0.15, 0.2) is 41.4 Å². The Hall–Kier alpha value is -1.69. The summed E-state index contributed by atoms with van der Waals surface area (Å²) in [5, 5.41) is 9.67.